The van der Waals surface area contributed by atoms with E-state index in [-0.39, 0.29) is 34.2 Å². The van der Waals surface area contributed by atoms with Gasteiger partial charge in [-0.05, 0) is 70.9 Å². The van der Waals surface area contributed by atoms with Crippen molar-refractivity contribution in [3.63, 3.8) is 0 Å². The number of aromatic nitrogens is 2. The highest BCUT2D eigenvalue weighted by atomic mass is 32.2. The molecular formula is C30H37F3N6O7S. The quantitative estimate of drug-likeness (QED) is 0.0577. The molecule has 0 aliphatic carbocycles. The number of halogens is 3. The van der Waals surface area contributed by atoms with Crippen LogP contribution in [0.3, 0.4) is 0 Å². The van der Waals surface area contributed by atoms with E-state index in [2.05, 4.69) is 10.4 Å². The zero-order chi connectivity index (χ0) is 35.0. The number of hydrogen-bond acceptors (Lipinski definition) is 9. The number of ether oxygens (including phenoxy) is 1. The van der Waals surface area contributed by atoms with Gasteiger partial charge in [-0.3, -0.25) is 9.59 Å². The van der Waals surface area contributed by atoms with Gasteiger partial charge in [0.15, 0.2) is 5.69 Å². The fraction of sp³-hybridized carbons (Fsp3) is 0.433. The van der Waals surface area contributed by atoms with Crippen LogP contribution in [0.5, 0.6) is 0 Å². The number of amides is 1. The summed E-state index contributed by atoms with van der Waals surface area (Å²) in [5.74, 6) is -1.26. The molecule has 2 aromatic carbocycles. The third-order valence-corrected chi connectivity index (χ3v) is 8.04. The van der Waals surface area contributed by atoms with E-state index in [0.717, 1.165) is 16.3 Å². The molecule has 0 bridgehead atoms. The summed E-state index contributed by atoms with van der Waals surface area (Å²) < 4.78 is 73.9. The van der Waals surface area contributed by atoms with Crippen LogP contribution in [0.1, 0.15) is 57.7 Å². The van der Waals surface area contributed by atoms with Gasteiger partial charge in [-0.15, -0.1) is 5.01 Å². The third-order valence-electron chi connectivity index (χ3n) is 6.65. The lowest BCUT2D eigenvalue weighted by molar-refractivity contribution is -0.706. The van der Waals surface area contributed by atoms with E-state index >= 15 is 0 Å². The molecule has 3 aromatic rings. The average Bonchev–Trinajstić information content (AvgIpc) is 3.45. The van der Waals surface area contributed by atoms with Gasteiger partial charge in [0.05, 0.1) is 40.3 Å². The van der Waals surface area contributed by atoms with Crippen LogP contribution in [-0.4, -0.2) is 60.4 Å². The van der Waals surface area contributed by atoms with Crippen LogP contribution in [0.4, 0.5) is 13.2 Å². The average molecular weight is 683 g/mol. The molecule has 1 amide bonds. The summed E-state index contributed by atoms with van der Waals surface area (Å²) in [6.07, 6.45) is -3.52. The lowest BCUT2D eigenvalue weighted by Gasteiger charge is -2.15. The van der Waals surface area contributed by atoms with Gasteiger partial charge >= 0.3 is 12.1 Å². The minimum atomic E-state index is -4.69. The number of esters is 1. The molecule has 0 atom stereocenters. The predicted molar refractivity (Wildman–Crippen MR) is 163 cm³/mol. The first-order valence-corrected chi connectivity index (χ1v) is 16.0. The van der Waals surface area contributed by atoms with Crippen LogP contribution >= 0.6 is 0 Å². The van der Waals surface area contributed by atoms with Gasteiger partial charge in [-0.1, -0.05) is 36.2 Å². The number of hydrazine groups is 1. The van der Waals surface area contributed by atoms with Crippen molar-refractivity contribution in [2.45, 2.75) is 64.5 Å². The Morgan fingerprint density at radius 3 is 2.28 bits per heavy atom. The van der Waals surface area contributed by atoms with E-state index in [1.165, 1.54) is 36.3 Å². The monoisotopic (exact) mass is 682 g/mol. The highest BCUT2D eigenvalue weighted by Crippen LogP contribution is 2.33. The Labute approximate surface area is 270 Å². The van der Waals surface area contributed by atoms with E-state index in [1.807, 2.05) is 11.6 Å². The molecule has 1 heterocycles. The number of rotatable bonds is 14. The van der Waals surface area contributed by atoms with Gasteiger partial charge in [-0.2, -0.15) is 18.3 Å². The highest BCUT2D eigenvalue weighted by Gasteiger charge is 2.35. The molecule has 3 rings (SSSR count). The summed E-state index contributed by atoms with van der Waals surface area (Å²) in [4.78, 5) is 28.6. The van der Waals surface area contributed by atoms with Crippen LogP contribution in [-0.2, 0) is 35.4 Å². The van der Waals surface area contributed by atoms with Crippen LogP contribution in [0.15, 0.2) is 64.8 Å². The SMILES string of the molecule is Cc1ccc(-c2cc(C(F)(F)F)nn2-c2ccc(S(=O)(=O)NC(=O)CCCCCN(C)/[N+]([O-])=N/OCOC(=O)C(C)(C)C)cc2)cc1. The standard InChI is InChI=1S/C30H37F3N6O7S/c1-21-10-12-22(13-11-21)25-19-26(30(31,32)33)34-38(25)23-14-16-24(17-15-23)47(43,44)35-27(40)9-7-6-8-18-37(5)39(42)36-46-20-45-28(41)29(2,3)4/h10-17,19H,6-9,18,20H2,1-5H3,(H,35,40)/b39-36-. The molecule has 0 unspecified atom stereocenters. The maximum Gasteiger partial charge on any atom is 0.435 e. The molecule has 0 spiro atoms. The second kappa shape index (κ2) is 15.3. The van der Waals surface area contributed by atoms with E-state index < -0.39 is 46.0 Å². The molecule has 0 aliphatic heterocycles. The molecule has 13 nitrogen and oxygen atoms in total. The van der Waals surface area contributed by atoms with Crippen LogP contribution in [0.2, 0.25) is 0 Å². The molecule has 0 saturated carbocycles. The van der Waals surface area contributed by atoms with Crippen molar-refractivity contribution < 1.29 is 45.7 Å². The maximum absolute atomic E-state index is 13.5. The van der Waals surface area contributed by atoms with Crippen molar-refractivity contribution >= 4 is 21.9 Å². The van der Waals surface area contributed by atoms with Gasteiger partial charge in [-0.25, -0.2) is 17.8 Å². The van der Waals surface area contributed by atoms with E-state index in [1.54, 1.807) is 45.0 Å². The molecule has 1 N–H and O–H groups in total. The van der Waals surface area contributed by atoms with Crippen molar-refractivity contribution in [2.24, 2.45) is 10.7 Å². The Kier molecular flexibility index (Phi) is 12.0. The predicted octanol–water partition coefficient (Wildman–Crippen LogP) is 5.52. The number of nitrogens with zero attached hydrogens (tertiary/aromatic N) is 5. The Morgan fingerprint density at radius 1 is 1.04 bits per heavy atom. The van der Waals surface area contributed by atoms with Crippen molar-refractivity contribution in [1.82, 2.24) is 19.5 Å². The van der Waals surface area contributed by atoms with Crippen LogP contribution in [0, 0.1) is 17.5 Å². The Bertz CT molecular complexity index is 1670. The first kappa shape index (κ1) is 36.8. The van der Waals surface area contributed by atoms with Crippen molar-refractivity contribution in [1.29, 1.82) is 0 Å². The second-order valence-electron chi connectivity index (χ2n) is 11.7. The normalized spacial score (nSPS) is 12.5. The van der Waals surface area contributed by atoms with Gasteiger partial charge in [0.2, 0.25) is 11.2 Å². The smallest absolute Gasteiger partial charge is 0.435 e. The van der Waals surface area contributed by atoms with Gasteiger partial charge in [0.25, 0.3) is 16.8 Å². The van der Waals surface area contributed by atoms with E-state index in [0.29, 0.717) is 24.8 Å². The third kappa shape index (κ3) is 10.7. The Balaban J connectivity index is 1.51. The fourth-order valence-corrected chi connectivity index (χ4v) is 5.01. The molecule has 47 heavy (non-hydrogen) atoms. The maximum atomic E-state index is 13.5. The summed E-state index contributed by atoms with van der Waals surface area (Å²) in [6.45, 7) is 6.56. The number of carbonyl (C=O) groups excluding carboxylic acids is 2. The van der Waals surface area contributed by atoms with Crippen molar-refractivity contribution in [3.05, 3.63) is 71.1 Å². The minimum Gasteiger partial charge on any atom is -0.569 e. The highest BCUT2D eigenvalue weighted by molar-refractivity contribution is 7.90. The summed E-state index contributed by atoms with van der Waals surface area (Å²) in [5, 5.41) is 20.1. The second-order valence-corrected chi connectivity index (χ2v) is 13.4. The molecule has 256 valence electrons. The summed E-state index contributed by atoms with van der Waals surface area (Å²) >= 11 is 0. The van der Waals surface area contributed by atoms with E-state index in [4.69, 9.17) is 9.57 Å². The van der Waals surface area contributed by atoms with Gasteiger partial charge < -0.3 is 14.8 Å². The molecular weight excluding hydrogens is 645 g/mol. The number of nitrogens with one attached hydrogen (secondary N) is 1. The first-order valence-electron chi connectivity index (χ1n) is 14.5. The first-order chi connectivity index (χ1) is 21.9. The molecule has 1 aromatic heterocycles. The van der Waals surface area contributed by atoms with Crippen molar-refractivity contribution in [3.8, 4) is 16.9 Å². The number of alkyl halides is 3. The Hall–Kier alpha value is -4.67. The van der Waals surface area contributed by atoms with E-state index in [9.17, 15) is 36.4 Å². The van der Waals surface area contributed by atoms with Gasteiger partial charge in [0.1, 0.15) is 0 Å². The van der Waals surface area contributed by atoms with Crippen molar-refractivity contribution in [2.75, 3.05) is 20.4 Å². The van der Waals surface area contributed by atoms with Gasteiger partial charge in [0, 0.05) is 12.0 Å². The molecule has 0 fully saturated rings. The summed E-state index contributed by atoms with van der Waals surface area (Å²) in [7, 11) is -2.80. The number of sulfonamides is 1. The molecule has 0 radical (unpaired) electrons. The summed E-state index contributed by atoms with van der Waals surface area (Å²) in [6, 6.07) is 12.7. The number of hydrogen-bond donors (Lipinski definition) is 1. The molecule has 17 heteroatoms. The van der Waals surface area contributed by atoms with Crippen LogP contribution < -0.4 is 4.72 Å². The largest absolute Gasteiger partial charge is 0.569 e. The zero-order valence-electron chi connectivity index (χ0n) is 26.6. The fourth-order valence-electron chi connectivity index (χ4n) is 3.99. The summed E-state index contributed by atoms with van der Waals surface area (Å²) in [5.41, 5.74) is -0.0753. The number of aryl methyl sites for hydroxylation is 1. The zero-order valence-corrected chi connectivity index (χ0v) is 27.4. The number of unbranched alkanes of at least 4 members (excludes halogenated alkanes) is 2. The number of carbonyl (C=O) groups is 2. The Morgan fingerprint density at radius 2 is 1.68 bits per heavy atom. The topological polar surface area (TPSA) is 158 Å². The molecule has 0 saturated heterocycles. The lowest BCUT2D eigenvalue weighted by atomic mass is 9.98. The molecule has 0 aliphatic rings. The minimum absolute atomic E-state index is 0.109. The lowest BCUT2D eigenvalue weighted by Crippen LogP contribution is -2.30. The van der Waals surface area contributed by atoms with Crippen LogP contribution in [0.25, 0.3) is 16.9 Å². The number of benzene rings is 2.